The van der Waals surface area contributed by atoms with Gasteiger partial charge in [0, 0.05) is 33.8 Å². The molecule has 1 fully saturated rings. The Morgan fingerprint density at radius 1 is 1.38 bits per heavy atom. The molecule has 2 atom stereocenters. The maximum atomic E-state index is 11.9. The summed E-state index contributed by atoms with van der Waals surface area (Å²) < 4.78 is 7.63. The van der Waals surface area contributed by atoms with Crippen LogP contribution in [0, 0.1) is 6.92 Å². The molecule has 26 heavy (non-hydrogen) atoms. The molecule has 2 N–H and O–H groups in total. The third-order valence-corrected chi connectivity index (χ3v) is 4.68. The fourth-order valence-electron chi connectivity index (χ4n) is 3.23. The Bertz CT molecular complexity index is 650. The van der Waals surface area contributed by atoms with Gasteiger partial charge < -0.3 is 20.3 Å². The lowest BCUT2D eigenvalue weighted by molar-refractivity contribution is -0.127. The normalized spacial score (nSPS) is 22.8. The highest BCUT2D eigenvalue weighted by Crippen LogP contribution is 2.22. The number of rotatable bonds is 5. The first-order valence-electron chi connectivity index (χ1n) is 9.31. The molecule has 1 aromatic rings. The average molecular weight is 363 g/mol. The van der Waals surface area contributed by atoms with Gasteiger partial charge in [-0.2, -0.15) is 5.10 Å². The Morgan fingerprint density at radius 3 is 2.96 bits per heavy atom. The molecule has 1 amide bonds. The van der Waals surface area contributed by atoms with Crippen LogP contribution in [0.3, 0.4) is 0 Å². The smallest absolute Gasteiger partial charge is 0.243 e. The Kier molecular flexibility index (Phi) is 6.08. The van der Waals surface area contributed by atoms with Crippen LogP contribution in [0.5, 0.6) is 0 Å². The number of hydrogen-bond acceptors (Lipinski definition) is 5. The molecule has 0 saturated carbocycles. The zero-order valence-electron chi connectivity index (χ0n) is 15.9. The largest absolute Gasteiger partial charge is 0.376 e. The summed E-state index contributed by atoms with van der Waals surface area (Å²) in [5.74, 6) is 2.29. The molecular formula is C17H29N7O2. The van der Waals surface area contributed by atoms with E-state index >= 15 is 0 Å². The first kappa shape index (κ1) is 18.6. The van der Waals surface area contributed by atoms with Crippen molar-refractivity contribution in [2.24, 2.45) is 4.99 Å². The standard InChI is InChI=1S/C17H29N7O2/c1-12-20-16-14(7-4-8-24(16)22-12)21-17(19-11-15(25)23(2)3)18-10-13-6-5-9-26-13/h13-14H,4-11H2,1-3H3,(H2,18,19,21). The van der Waals surface area contributed by atoms with Gasteiger partial charge in [0.15, 0.2) is 5.96 Å². The summed E-state index contributed by atoms with van der Waals surface area (Å²) >= 11 is 0. The van der Waals surface area contributed by atoms with E-state index in [4.69, 9.17) is 4.74 Å². The van der Waals surface area contributed by atoms with Crippen LogP contribution in [0.1, 0.15) is 43.4 Å². The molecule has 1 saturated heterocycles. The second-order valence-corrected chi connectivity index (χ2v) is 7.05. The third-order valence-electron chi connectivity index (χ3n) is 4.68. The molecule has 3 rings (SSSR count). The second kappa shape index (κ2) is 8.48. The van der Waals surface area contributed by atoms with Crippen molar-refractivity contribution in [3.63, 3.8) is 0 Å². The van der Waals surface area contributed by atoms with Crippen LogP contribution in [-0.4, -0.2) is 71.4 Å². The van der Waals surface area contributed by atoms with E-state index in [9.17, 15) is 4.79 Å². The molecule has 3 heterocycles. The maximum Gasteiger partial charge on any atom is 0.243 e. The van der Waals surface area contributed by atoms with Crippen LogP contribution in [0.2, 0.25) is 0 Å². The quantitative estimate of drug-likeness (QED) is 0.574. The monoisotopic (exact) mass is 363 g/mol. The number of aliphatic imine (C=N–C) groups is 1. The second-order valence-electron chi connectivity index (χ2n) is 7.05. The molecular weight excluding hydrogens is 334 g/mol. The summed E-state index contributed by atoms with van der Waals surface area (Å²) in [7, 11) is 3.47. The van der Waals surface area contributed by atoms with Gasteiger partial charge in [-0.3, -0.25) is 4.79 Å². The van der Waals surface area contributed by atoms with Crippen molar-refractivity contribution in [3.8, 4) is 0 Å². The highest BCUT2D eigenvalue weighted by molar-refractivity contribution is 5.85. The number of hydrogen-bond donors (Lipinski definition) is 2. The van der Waals surface area contributed by atoms with Gasteiger partial charge in [-0.15, -0.1) is 0 Å². The summed E-state index contributed by atoms with van der Waals surface area (Å²) in [6.45, 7) is 4.40. The number of amides is 1. The van der Waals surface area contributed by atoms with Gasteiger partial charge in [-0.25, -0.2) is 14.7 Å². The number of nitrogens with zero attached hydrogens (tertiary/aromatic N) is 5. The van der Waals surface area contributed by atoms with Crippen LogP contribution in [-0.2, 0) is 16.1 Å². The van der Waals surface area contributed by atoms with Gasteiger partial charge in [0.05, 0.1) is 12.1 Å². The summed E-state index contributed by atoms with van der Waals surface area (Å²) in [5.41, 5.74) is 0. The zero-order chi connectivity index (χ0) is 18.5. The maximum absolute atomic E-state index is 11.9. The minimum atomic E-state index is -0.0362. The Labute approximate surface area is 154 Å². The number of fused-ring (bicyclic) bond motifs is 1. The Morgan fingerprint density at radius 2 is 2.23 bits per heavy atom. The molecule has 0 spiro atoms. The van der Waals surface area contributed by atoms with E-state index in [0.717, 1.165) is 50.5 Å². The van der Waals surface area contributed by atoms with Crippen molar-refractivity contribution in [2.75, 3.05) is 33.8 Å². The SMILES string of the molecule is Cc1nc2n(n1)CCCC2NC(=NCC(=O)N(C)C)NCC1CCCO1. The molecule has 0 bridgehead atoms. The number of likely N-dealkylation sites (N-methyl/N-ethyl adjacent to an activating group) is 1. The van der Waals surface area contributed by atoms with Gasteiger partial charge >= 0.3 is 0 Å². The molecule has 2 aliphatic rings. The molecule has 9 heteroatoms. The first-order valence-corrected chi connectivity index (χ1v) is 9.31. The van der Waals surface area contributed by atoms with Gasteiger partial charge in [0.25, 0.3) is 0 Å². The van der Waals surface area contributed by atoms with Crippen LogP contribution in [0.15, 0.2) is 4.99 Å². The van der Waals surface area contributed by atoms with E-state index < -0.39 is 0 Å². The predicted molar refractivity (Wildman–Crippen MR) is 97.8 cm³/mol. The van der Waals surface area contributed by atoms with Crippen molar-refractivity contribution in [1.29, 1.82) is 0 Å². The van der Waals surface area contributed by atoms with Crippen molar-refractivity contribution in [3.05, 3.63) is 11.6 Å². The van der Waals surface area contributed by atoms with Crippen LogP contribution < -0.4 is 10.6 Å². The fourth-order valence-corrected chi connectivity index (χ4v) is 3.23. The minimum Gasteiger partial charge on any atom is -0.376 e. The molecule has 2 aliphatic heterocycles. The third kappa shape index (κ3) is 4.72. The van der Waals surface area contributed by atoms with E-state index in [2.05, 4.69) is 25.7 Å². The summed E-state index contributed by atoms with van der Waals surface area (Å²) in [4.78, 5) is 22.5. The lowest BCUT2D eigenvalue weighted by atomic mass is 10.1. The van der Waals surface area contributed by atoms with Crippen molar-refractivity contribution < 1.29 is 9.53 Å². The summed E-state index contributed by atoms with van der Waals surface area (Å²) in [6, 6.07) is 0.0372. The molecule has 2 unspecified atom stereocenters. The van der Waals surface area contributed by atoms with E-state index in [1.165, 1.54) is 0 Å². The van der Waals surface area contributed by atoms with E-state index in [1.807, 2.05) is 11.6 Å². The molecule has 0 aromatic carbocycles. The number of guanidine groups is 1. The number of carbonyl (C=O) groups excluding carboxylic acids is 1. The van der Waals surface area contributed by atoms with Gasteiger partial charge in [0.1, 0.15) is 18.2 Å². The molecule has 0 radical (unpaired) electrons. The Balaban J connectivity index is 1.68. The number of carbonyl (C=O) groups is 1. The average Bonchev–Trinajstić information content (AvgIpc) is 3.25. The zero-order valence-corrected chi connectivity index (χ0v) is 15.9. The number of ether oxygens (including phenoxy) is 1. The topological polar surface area (TPSA) is 96.7 Å². The number of aromatic nitrogens is 3. The van der Waals surface area contributed by atoms with Crippen LogP contribution in [0.25, 0.3) is 0 Å². The van der Waals surface area contributed by atoms with Crippen molar-refractivity contribution in [1.82, 2.24) is 30.3 Å². The Hall–Kier alpha value is -2.16. The summed E-state index contributed by atoms with van der Waals surface area (Å²) in [6.07, 6.45) is 4.33. The van der Waals surface area contributed by atoms with Gasteiger partial charge in [-0.1, -0.05) is 0 Å². The summed E-state index contributed by atoms with van der Waals surface area (Å²) in [5, 5.41) is 11.2. The predicted octanol–water partition coefficient (Wildman–Crippen LogP) is 0.224. The number of aryl methyl sites for hydroxylation is 2. The lowest BCUT2D eigenvalue weighted by Crippen LogP contribution is -2.44. The molecule has 1 aromatic heterocycles. The fraction of sp³-hybridized carbons (Fsp3) is 0.765. The highest BCUT2D eigenvalue weighted by atomic mass is 16.5. The first-order chi connectivity index (χ1) is 12.5. The van der Waals surface area contributed by atoms with Gasteiger partial charge in [-0.05, 0) is 32.6 Å². The molecule has 0 aliphatic carbocycles. The van der Waals surface area contributed by atoms with Crippen molar-refractivity contribution >= 4 is 11.9 Å². The van der Waals surface area contributed by atoms with Gasteiger partial charge in [0.2, 0.25) is 5.91 Å². The molecule has 9 nitrogen and oxygen atoms in total. The van der Waals surface area contributed by atoms with Crippen molar-refractivity contribution in [2.45, 2.75) is 51.3 Å². The highest BCUT2D eigenvalue weighted by Gasteiger charge is 2.25. The molecule has 144 valence electrons. The van der Waals surface area contributed by atoms with E-state index in [1.54, 1.807) is 19.0 Å². The number of nitrogens with one attached hydrogen (secondary N) is 2. The van der Waals surface area contributed by atoms with E-state index in [0.29, 0.717) is 12.5 Å². The lowest BCUT2D eigenvalue weighted by Gasteiger charge is -2.25. The van der Waals surface area contributed by atoms with Crippen LogP contribution in [0.4, 0.5) is 0 Å². The van der Waals surface area contributed by atoms with Crippen LogP contribution >= 0.6 is 0 Å². The van der Waals surface area contributed by atoms with E-state index in [-0.39, 0.29) is 24.6 Å². The minimum absolute atomic E-state index is 0.0362.